The van der Waals surface area contributed by atoms with E-state index >= 15 is 0 Å². The second-order valence-corrected chi connectivity index (χ2v) is 6.70. The van der Waals surface area contributed by atoms with Crippen LogP contribution in [0, 0.1) is 5.92 Å². The Labute approximate surface area is 152 Å². The van der Waals surface area contributed by atoms with Crippen LogP contribution in [-0.4, -0.2) is 59.6 Å². The van der Waals surface area contributed by atoms with Gasteiger partial charge in [-0.15, -0.1) is 0 Å². The van der Waals surface area contributed by atoms with E-state index < -0.39 is 6.09 Å². The van der Waals surface area contributed by atoms with E-state index in [0.29, 0.717) is 6.29 Å². The van der Waals surface area contributed by atoms with Crippen LogP contribution in [0.5, 0.6) is 0 Å². The van der Waals surface area contributed by atoms with Crippen LogP contribution in [-0.2, 0) is 4.79 Å². The van der Waals surface area contributed by atoms with Crippen molar-refractivity contribution in [2.24, 2.45) is 11.7 Å². The molecule has 1 fully saturated rings. The van der Waals surface area contributed by atoms with E-state index in [2.05, 4.69) is 22.0 Å². The molecule has 1 amide bonds. The van der Waals surface area contributed by atoms with E-state index in [1.54, 1.807) is 0 Å². The van der Waals surface area contributed by atoms with Gasteiger partial charge in [-0.25, -0.2) is 9.78 Å². The first-order valence-corrected chi connectivity index (χ1v) is 8.86. The fourth-order valence-corrected chi connectivity index (χ4v) is 3.62. The first kappa shape index (κ1) is 18.1. The number of anilines is 1. The molecule has 2 aromatic rings. The maximum atomic E-state index is 11.2. The summed E-state index contributed by atoms with van der Waals surface area (Å²) in [6.07, 6.45) is 3.07. The molecule has 0 spiro atoms. The summed E-state index contributed by atoms with van der Waals surface area (Å²) in [5.74, 6) is 1.22. The molecule has 0 saturated carbocycles. The second kappa shape index (κ2) is 8.14. The highest BCUT2D eigenvalue weighted by Crippen LogP contribution is 2.29. The highest BCUT2D eigenvalue weighted by molar-refractivity contribution is 5.92. The summed E-state index contributed by atoms with van der Waals surface area (Å²) in [7, 11) is 0. The van der Waals surface area contributed by atoms with Crippen molar-refractivity contribution < 1.29 is 14.7 Å². The number of carboxylic acid groups (broad SMARTS) is 1. The Balaban J connectivity index is 1.63. The molecular weight excluding hydrogens is 332 g/mol. The summed E-state index contributed by atoms with van der Waals surface area (Å²) >= 11 is 0. The molecular formula is C19H24N4O3. The topological polar surface area (TPSA) is 99.8 Å². The minimum absolute atomic E-state index is 0.137. The normalized spacial score (nSPS) is 16.4. The second-order valence-electron chi connectivity index (χ2n) is 6.70. The molecule has 1 aromatic heterocycles. The number of aromatic nitrogens is 1. The highest BCUT2D eigenvalue weighted by Gasteiger charge is 2.27. The zero-order valence-corrected chi connectivity index (χ0v) is 14.6. The maximum absolute atomic E-state index is 11.2. The number of piperidine rings is 1. The van der Waals surface area contributed by atoms with Crippen molar-refractivity contribution in [3.8, 4) is 0 Å². The fourth-order valence-electron chi connectivity index (χ4n) is 3.62. The Hall–Kier alpha value is -2.67. The number of hydrogen-bond donors (Lipinski definition) is 2. The lowest BCUT2D eigenvalue weighted by atomic mass is 9.89. The smallest absolute Gasteiger partial charge is 0.407 e. The molecule has 3 N–H and O–H groups in total. The van der Waals surface area contributed by atoms with Gasteiger partial charge < -0.3 is 20.5 Å². The molecule has 7 heteroatoms. The van der Waals surface area contributed by atoms with Crippen LogP contribution in [0.4, 0.5) is 10.6 Å². The number of rotatable bonds is 6. The van der Waals surface area contributed by atoms with Crippen molar-refractivity contribution in [1.29, 1.82) is 0 Å². The van der Waals surface area contributed by atoms with Crippen molar-refractivity contribution in [1.82, 2.24) is 9.88 Å². The molecule has 138 valence electrons. The van der Waals surface area contributed by atoms with Crippen molar-refractivity contribution in [2.45, 2.75) is 18.9 Å². The summed E-state index contributed by atoms with van der Waals surface area (Å²) in [5, 5.41) is 11.4. The summed E-state index contributed by atoms with van der Waals surface area (Å²) in [5.41, 5.74) is 6.24. The van der Waals surface area contributed by atoms with Gasteiger partial charge in [0.2, 0.25) is 0 Å². The van der Waals surface area contributed by atoms with Crippen LogP contribution in [0.2, 0.25) is 0 Å². The van der Waals surface area contributed by atoms with E-state index in [4.69, 9.17) is 10.8 Å². The highest BCUT2D eigenvalue weighted by atomic mass is 16.4. The van der Waals surface area contributed by atoms with Gasteiger partial charge in [0.15, 0.2) is 0 Å². The molecule has 1 saturated heterocycles. The molecule has 3 rings (SSSR count). The predicted molar refractivity (Wildman–Crippen MR) is 100 cm³/mol. The van der Waals surface area contributed by atoms with Gasteiger partial charge >= 0.3 is 6.09 Å². The number of benzene rings is 1. The fraction of sp³-hybridized carbons (Fsp3) is 0.421. The number of aldehydes is 1. The summed E-state index contributed by atoms with van der Waals surface area (Å²) in [4.78, 5) is 29.7. The third kappa shape index (κ3) is 3.94. The van der Waals surface area contributed by atoms with Crippen LogP contribution in [0.3, 0.4) is 0 Å². The van der Waals surface area contributed by atoms with Crippen LogP contribution >= 0.6 is 0 Å². The van der Waals surface area contributed by atoms with Crippen LogP contribution in [0.25, 0.3) is 10.8 Å². The van der Waals surface area contributed by atoms with Crippen molar-refractivity contribution in [3.05, 3.63) is 36.5 Å². The lowest BCUT2D eigenvalue weighted by molar-refractivity contribution is -0.108. The van der Waals surface area contributed by atoms with Gasteiger partial charge in [-0.2, -0.15) is 0 Å². The quantitative estimate of drug-likeness (QED) is 0.768. The number of nitrogens with zero attached hydrogens (tertiary/aromatic N) is 3. The molecule has 0 radical (unpaired) electrons. The molecule has 1 atom stereocenters. The number of carbonyl (C=O) groups excluding carboxylic acids is 1. The van der Waals surface area contributed by atoms with E-state index in [0.717, 1.165) is 42.0 Å². The Morgan fingerprint density at radius 2 is 2.08 bits per heavy atom. The minimum atomic E-state index is -1.11. The molecule has 0 aliphatic carbocycles. The first-order valence-electron chi connectivity index (χ1n) is 8.86. The summed E-state index contributed by atoms with van der Waals surface area (Å²) in [6.45, 7) is 1.72. The number of amides is 1. The Morgan fingerprint density at radius 1 is 1.35 bits per heavy atom. The molecule has 2 heterocycles. The number of fused-ring (bicyclic) bond motifs is 1. The van der Waals surface area contributed by atoms with Crippen molar-refractivity contribution in [3.63, 3.8) is 0 Å². The summed E-state index contributed by atoms with van der Waals surface area (Å²) < 4.78 is 0. The third-order valence-electron chi connectivity index (χ3n) is 5.09. The van der Waals surface area contributed by atoms with Gasteiger partial charge in [-0.3, -0.25) is 4.90 Å². The average molecular weight is 356 g/mol. The van der Waals surface area contributed by atoms with Gasteiger partial charge in [0.25, 0.3) is 0 Å². The largest absolute Gasteiger partial charge is 0.465 e. The number of hydrogen-bond acceptors (Lipinski definition) is 5. The van der Waals surface area contributed by atoms with Gasteiger partial charge in [-0.1, -0.05) is 24.3 Å². The monoisotopic (exact) mass is 356 g/mol. The first-order chi connectivity index (χ1) is 12.6. The standard InChI is InChI=1S/C19H24N4O3/c20-17(13-23(11-12-24)19(25)26)15-6-9-22(10-7-15)18-16-4-2-1-3-14(16)5-8-21-18/h1-5,8,12,15,17H,6-7,9-11,13,20H2,(H,25,26). The number of pyridine rings is 1. The van der Waals surface area contributed by atoms with Crippen LogP contribution in [0.1, 0.15) is 12.8 Å². The Kier molecular flexibility index (Phi) is 5.68. The van der Waals surface area contributed by atoms with E-state index in [-0.39, 0.29) is 25.0 Å². The van der Waals surface area contributed by atoms with Crippen molar-refractivity contribution in [2.75, 3.05) is 31.1 Å². The predicted octanol–water partition coefficient (Wildman–Crippen LogP) is 1.96. The lowest BCUT2D eigenvalue weighted by Crippen LogP contribution is -2.48. The Bertz CT molecular complexity index is 769. The SMILES string of the molecule is NC(CN(CC=O)C(=O)O)C1CCN(c2nccc3ccccc23)CC1. The molecule has 7 nitrogen and oxygen atoms in total. The van der Waals surface area contributed by atoms with E-state index in [9.17, 15) is 9.59 Å². The molecule has 1 aliphatic rings. The zero-order valence-electron chi connectivity index (χ0n) is 14.6. The van der Waals surface area contributed by atoms with Gasteiger partial charge in [0.1, 0.15) is 12.1 Å². The summed E-state index contributed by atoms with van der Waals surface area (Å²) in [6, 6.07) is 9.94. The van der Waals surface area contributed by atoms with Gasteiger partial charge in [0.05, 0.1) is 6.54 Å². The average Bonchev–Trinajstić information content (AvgIpc) is 2.67. The molecule has 0 bridgehead atoms. The van der Waals surface area contributed by atoms with Gasteiger partial charge in [-0.05, 0) is 30.2 Å². The third-order valence-corrected chi connectivity index (χ3v) is 5.09. The minimum Gasteiger partial charge on any atom is -0.465 e. The van der Waals surface area contributed by atoms with E-state index in [1.807, 2.05) is 24.4 Å². The Morgan fingerprint density at radius 3 is 2.77 bits per heavy atom. The van der Waals surface area contributed by atoms with Crippen molar-refractivity contribution >= 4 is 29.0 Å². The molecule has 1 aliphatic heterocycles. The molecule has 1 unspecified atom stereocenters. The number of carbonyl (C=O) groups is 2. The molecule has 26 heavy (non-hydrogen) atoms. The van der Waals surface area contributed by atoms with E-state index in [1.165, 1.54) is 5.39 Å². The number of nitrogens with two attached hydrogens (primary N) is 1. The van der Waals surface area contributed by atoms with Crippen LogP contribution < -0.4 is 10.6 Å². The lowest BCUT2D eigenvalue weighted by Gasteiger charge is -2.36. The van der Waals surface area contributed by atoms with Crippen LogP contribution in [0.15, 0.2) is 36.5 Å². The zero-order chi connectivity index (χ0) is 18.5. The van der Waals surface area contributed by atoms with Gasteiger partial charge in [0, 0.05) is 37.3 Å². The molecule has 1 aromatic carbocycles. The maximum Gasteiger partial charge on any atom is 0.407 e.